The number of carbonyl (C=O) groups excluding carboxylic acids is 2. The van der Waals surface area contributed by atoms with Crippen LogP contribution in [0.4, 0.5) is 9.59 Å². The third-order valence-electron chi connectivity index (χ3n) is 3.71. The van der Waals surface area contributed by atoms with Gasteiger partial charge in [-0.1, -0.05) is 0 Å². The Morgan fingerprint density at radius 2 is 1.73 bits per heavy atom. The molecule has 1 N–H and O–H groups in total. The molecule has 0 aromatic carbocycles. The number of carbonyl (C=O) groups is 2. The molecule has 2 heterocycles. The number of likely N-dealkylation sites (tertiary alicyclic amines) is 1. The highest BCUT2D eigenvalue weighted by Crippen LogP contribution is 2.24. The molecule has 1 aromatic rings. The first-order valence-electron chi connectivity index (χ1n) is 8.82. The van der Waals surface area contributed by atoms with Gasteiger partial charge >= 0.3 is 12.2 Å². The second-order valence-electron chi connectivity index (χ2n) is 8.70. The van der Waals surface area contributed by atoms with Crippen LogP contribution in [-0.4, -0.2) is 57.2 Å². The lowest BCUT2D eigenvalue weighted by atomic mass is 10.2. The molecule has 1 aliphatic rings. The van der Waals surface area contributed by atoms with E-state index in [0.29, 0.717) is 13.1 Å². The molecule has 2 amide bonds. The summed E-state index contributed by atoms with van der Waals surface area (Å²) in [7, 11) is 0. The first kappa shape index (κ1) is 20.1. The number of aryl methyl sites for hydroxylation is 1. The average Bonchev–Trinajstić information content (AvgIpc) is 3.00. The molecule has 1 aliphatic heterocycles. The Labute approximate surface area is 154 Å². The van der Waals surface area contributed by atoms with Crippen molar-refractivity contribution < 1.29 is 19.1 Å². The zero-order valence-corrected chi connectivity index (χ0v) is 16.7. The van der Waals surface area contributed by atoms with E-state index in [-0.39, 0.29) is 12.1 Å². The van der Waals surface area contributed by atoms with Gasteiger partial charge in [-0.25, -0.2) is 9.59 Å². The minimum Gasteiger partial charge on any atom is -0.444 e. The molecule has 8 nitrogen and oxygen atoms in total. The van der Waals surface area contributed by atoms with Crippen LogP contribution in [0.3, 0.4) is 0 Å². The van der Waals surface area contributed by atoms with E-state index < -0.39 is 23.4 Å². The van der Waals surface area contributed by atoms with Crippen molar-refractivity contribution in [3.8, 4) is 0 Å². The minimum atomic E-state index is -0.592. The van der Waals surface area contributed by atoms with Crippen molar-refractivity contribution in [3.63, 3.8) is 0 Å². The van der Waals surface area contributed by atoms with Crippen LogP contribution in [0.15, 0.2) is 12.4 Å². The monoisotopic (exact) mass is 366 g/mol. The molecule has 146 valence electrons. The van der Waals surface area contributed by atoms with E-state index in [0.717, 1.165) is 5.56 Å². The lowest BCUT2D eigenvalue weighted by Crippen LogP contribution is -2.44. The normalized spacial score (nSPS) is 20.8. The highest BCUT2D eigenvalue weighted by Gasteiger charge is 2.40. The molecule has 0 bridgehead atoms. The van der Waals surface area contributed by atoms with Gasteiger partial charge in [0, 0.05) is 19.3 Å². The predicted octanol–water partition coefficient (Wildman–Crippen LogP) is 2.88. The fraction of sp³-hybridized carbons (Fsp3) is 0.722. The Morgan fingerprint density at radius 3 is 2.23 bits per heavy atom. The number of aromatic nitrogens is 2. The maximum atomic E-state index is 12.4. The molecule has 2 rings (SSSR count). The molecule has 0 aliphatic carbocycles. The lowest BCUT2D eigenvalue weighted by Gasteiger charge is -2.24. The summed E-state index contributed by atoms with van der Waals surface area (Å²) < 4.78 is 12.6. The standard InChI is InChI=1S/C18H30N4O4/c1-12-8-19-22(9-12)14-11-21(16(24)26-18(5,6)7)10-13(14)20-15(23)25-17(2,3)4/h8-9,13-14H,10-11H2,1-7H3,(H,20,23)/t13-,14-/m0/s1. The number of amides is 2. The van der Waals surface area contributed by atoms with Crippen molar-refractivity contribution in [1.29, 1.82) is 0 Å². The Balaban J connectivity index is 2.14. The zero-order chi connectivity index (χ0) is 19.7. The van der Waals surface area contributed by atoms with Crippen LogP contribution in [0.5, 0.6) is 0 Å². The third-order valence-corrected chi connectivity index (χ3v) is 3.71. The second-order valence-corrected chi connectivity index (χ2v) is 8.70. The molecule has 0 radical (unpaired) electrons. The highest BCUT2D eigenvalue weighted by molar-refractivity contribution is 5.70. The van der Waals surface area contributed by atoms with E-state index in [1.807, 2.05) is 54.7 Å². The Morgan fingerprint density at radius 1 is 1.12 bits per heavy atom. The minimum absolute atomic E-state index is 0.191. The molecule has 8 heteroatoms. The van der Waals surface area contributed by atoms with Crippen molar-refractivity contribution in [1.82, 2.24) is 20.0 Å². The van der Waals surface area contributed by atoms with E-state index in [1.165, 1.54) is 0 Å². The van der Waals surface area contributed by atoms with Gasteiger partial charge in [0.2, 0.25) is 0 Å². The van der Waals surface area contributed by atoms with E-state index in [2.05, 4.69) is 10.4 Å². The van der Waals surface area contributed by atoms with E-state index in [4.69, 9.17) is 9.47 Å². The van der Waals surface area contributed by atoms with Crippen molar-refractivity contribution in [2.45, 2.75) is 71.8 Å². The van der Waals surface area contributed by atoms with E-state index in [1.54, 1.807) is 15.8 Å². The number of rotatable bonds is 2. The summed E-state index contributed by atoms with van der Waals surface area (Å²) in [5.74, 6) is 0. The number of hydrogen-bond donors (Lipinski definition) is 1. The lowest BCUT2D eigenvalue weighted by molar-refractivity contribution is 0.0279. The Hall–Kier alpha value is -2.25. The van der Waals surface area contributed by atoms with Crippen LogP contribution in [0.2, 0.25) is 0 Å². The summed E-state index contributed by atoms with van der Waals surface area (Å²) in [6, 6.07) is -0.514. The quantitative estimate of drug-likeness (QED) is 0.870. The predicted molar refractivity (Wildman–Crippen MR) is 97.0 cm³/mol. The first-order valence-corrected chi connectivity index (χ1v) is 8.82. The molecule has 0 saturated carbocycles. The summed E-state index contributed by atoms with van der Waals surface area (Å²) in [5, 5.41) is 7.21. The third kappa shape index (κ3) is 5.64. The van der Waals surface area contributed by atoms with Crippen LogP contribution in [0, 0.1) is 6.92 Å². The second kappa shape index (κ2) is 7.17. The van der Waals surface area contributed by atoms with Crippen molar-refractivity contribution in [2.24, 2.45) is 0 Å². The topological polar surface area (TPSA) is 85.7 Å². The summed E-state index contributed by atoms with van der Waals surface area (Å²) >= 11 is 0. The van der Waals surface area contributed by atoms with Crippen LogP contribution in [-0.2, 0) is 9.47 Å². The van der Waals surface area contributed by atoms with Gasteiger partial charge in [-0.15, -0.1) is 0 Å². The summed E-state index contributed by atoms with van der Waals surface area (Å²) in [6.07, 6.45) is 2.73. The van der Waals surface area contributed by atoms with Crippen LogP contribution in [0.25, 0.3) is 0 Å². The van der Waals surface area contributed by atoms with E-state index >= 15 is 0 Å². The summed E-state index contributed by atoms with van der Waals surface area (Å²) in [6.45, 7) is 13.6. The van der Waals surface area contributed by atoms with Crippen LogP contribution in [0.1, 0.15) is 53.1 Å². The van der Waals surface area contributed by atoms with Gasteiger partial charge in [-0.2, -0.15) is 5.10 Å². The van der Waals surface area contributed by atoms with Gasteiger partial charge in [0.1, 0.15) is 11.2 Å². The first-order chi connectivity index (χ1) is 11.8. The maximum Gasteiger partial charge on any atom is 0.410 e. The fourth-order valence-corrected chi connectivity index (χ4v) is 2.75. The number of hydrogen-bond acceptors (Lipinski definition) is 5. The van der Waals surface area contributed by atoms with Crippen molar-refractivity contribution in [3.05, 3.63) is 18.0 Å². The summed E-state index contributed by atoms with van der Waals surface area (Å²) in [4.78, 5) is 26.2. The van der Waals surface area contributed by atoms with E-state index in [9.17, 15) is 9.59 Å². The number of alkyl carbamates (subject to hydrolysis) is 1. The Bertz CT molecular complexity index is 657. The van der Waals surface area contributed by atoms with Gasteiger partial charge in [0.15, 0.2) is 0 Å². The highest BCUT2D eigenvalue weighted by atomic mass is 16.6. The van der Waals surface area contributed by atoms with Gasteiger partial charge in [0.25, 0.3) is 0 Å². The van der Waals surface area contributed by atoms with Crippen LogP contribution >= 0.6 is 0 Å². The van der Waals surface area contributed by atoms with Gasteiger partial charge in [-0.05, 0) is 54.0 Å². The molecule has 2 atom stereocenters. The van der Waals surface area contributed by atoms with Crippen molar-refractivity contribution in [2.75, 3.05) is 13.1 Å². The largest absolute Gasteiger partial charge is 0.444 e. The smallest absolute Gasteiger partial charge is 0.410 e. The Kier molecular flexibility index (Phi) is 5.53. The molecule has 1 saturated heterocycles. The zero-order valence-electron chi connectivity index (χ0n) is 16.7. The number of ether oxygens (including phenoxy) is 2. The van der Waals surface area contributed by atoms with Gasteiger partial charge < -0.3 is 19.7 Å². The average molecular weight is 366 g/mol. The molecule has 26 heavy (non-hydrogen) atoms. The van der Waals surface area contributed by atoms with Crippen LogP contribution < -0.4 is 5.32 Å². The maximum absolute atomic E-state index is 12.4. The summed E-state index contributed by atoms with van der Waals surface area (Å²) in [5.41, 5.74) is -0.159. The molecule has 1 fully saturated rings. The molecule has 0 spiro atoms. The van der Waals surface area contributed by atoms with Gasteiger partial charge in [0.05, 0.1) is 18.3 Å². The number of nitrogens with one attached hydrogen (secondary N) is 1. The van der Waals surface area contributed by atoms with Gasteiger partial charge in [-0.3, -0.25) is 4.68 Å². The SMILES string of the molecule is Cc1cnn([C@H]2CN(C(=O)OC(C)(C)C)C[C@@H]2NC(=O)OC(C)(C)C)c1. The fourth-order valence-electron chi connectivity index (χ4n) is 2.75. The molecule has 1 aromatic heterocycles. The number of nitrogens with zero attached hydrogens (tertiary/aromatic N) is 3. The van der Waals surface area contributed by atoms with Crippen molar-refractivity contribution >= 4 is 12.2 Å². The molecule has 0 unspecified atom stereocenters. The molecular formula is C18H30N4O4. The molecular weight excluding hydrogens is 336 g/mol.